The number of methoxy groups -OCH3 is 1. The lowest BCUT2D eigenvalue weighted by Crippen LogP contribution is -2.37. The highest BCUT2D eigenvalue weighted by molar-refractivity contribution is 5.89. The van der Waals surface area contributed by atoms with Gasteiger partial charge in [-0.2, -0.15) is 5.10 Å². The van der Waals surface area contributed by atoms with Crippen LogP contribution >= 0.6 is 0 Å². The molecule has 3 aromatic rings. The summed E-state index contributed by atoms with van der Waals surface area (Å²) < 4.78 is 5.25. The number of nitrogens with one attached hydrogen (secondary N) is 1. The van der Waals surface area contributed by atoms with E-state index < -0.39 is 0 Å². The molecule has 3 heterocycles. The van der Waals surface area contributed by atoms with Crippen LogP contribution in [0.4, 0.5) is 5.82 Å². The smallest absolute Gasteiger partial charge is 0.159 e. The van der Waals surface area contributed by atoms with Crippen LogP contribution in [0.25, 0.3) is 10.9 Å². The number of pyridine rings is 1. The second-order valence-electron chi connectivity index (χ2n) is 7.18. The average Bonchev–Trinajstić information content (AvgIpc) is 3.25. The number of H-pyrrole nitrogens is 1. The number of rotatable bonds is 5. The van der Waals surface area contributed by atoms with E-state index >= 15 is 0 Å². The van der Waals surface area contributed by atoms with Crippen molar-refractivity contribution in [1.29, 1.82) is 0 Å². The number of anilines is 1. The van der Waals surface area contributed by atoms with Crippen molar-refractivity contribution in [1.82, 2.24) is 20.1 Å². The van der Waals surface area contributed by atoms with Crippen molar-refractivity contribution < 1.29 is 4.74 Å². The zero-order chi connectivity index (χ0) is 18.1. The number of ether oxygens (including phenoxy) is 1. The molecule has 136 valence electrons. The molecule has 4 rings (SSSR count). The summed E-state index contributed by atoms with van der Waals surface area (Å²) in [5.74, 6) is 2.48. The molecule has 1 N–H and O–H groups in total. The number of fused-ring (bicyclic) bond motifs is 1. The maximum atomic E-state index is 5.25. The first-order valence-electron chi connectivity index (χ1n) is 9.02. The van der Waals surface area contributed by atoms with Crippen molar-refractivity contribution in [2.24, 2.45) is 5.92 Å². The van der Waals surface area contributed by atoms with Gasteiger partial charge in [0.05, 0.1) is 18.0 Å². The van der Waals surface area contributed by atoms with Gasteiger partial charge in [0.1, 0.15) is 5.75 Å². The summed E-state index contributed by atoms with van der Waals surface area (Å²) in [4.78, 5) is 9.07. The van der Waals surface area contributed by atoms with Crippen LogP contribution in [0.3, 0.4) is 0 Å². The van der Waals surface area contributed by atoms with Crippen molar-refractivity contribution in [2.45, 2.75) is 19.5 Å². The maximum absolute atomic E-state index is 5.25. The van der Waals surface area contributed by atoms with Crippen molar-refractivity contribution in [2.75, 3.05) is 32.1 Å². The monoisotopic (exact) mass is 351 g/mol. The highest BCUT2D eigenvalue weighted by atomic mass is 16.5. The van der Waals surface area contributed by atoms with Crippen LogP contribution in [-0.4, -0.2) is 53.4 Å². The molecule has 0 amide bonds. The normalized spacial score (nSPS) is 20.2. The van der Waals surface area contributed by atoms with E-state index in [1.165, 1.54) is 5.56 Å². The van der Waals surface area contributed by atoms with E-state index in [1.54, 1.807) is 13.3 Å². The number of hydrogen-bond acceptors (Lipinski definition) is 5. The molecule has 1 fully saturated rings. The zero-order valence-electron chi connectivity index (χ0n) is 15.5. The second-order valence-corrected chi connectivity index (χ2v) is 7.18. The molecule has 2 unspecified atom stereocenters. The fourth-order valence-electron chi connectivity index (χ4n) is 3.92. The van der Waals surface area contributed by atoms with Gasteiger partial charge in [-0.25, -0.2) is 0 Å². The van der Waals surface area contributed by atoms with Crippen LogP contribution < -0.4 is 9.64 Å². The summed E-state index contributed by atoms with van der Waals surface area (Å²) in [6.07, 6.45) is 3.69. The Hall–Kier alpha value is -2.60. The standard InChI is InChI=1S/C20H25N5O/c1-14-11-25(20-17-10-21-9-8-18(17)22-23-20)13-19(14)24(2)12-15-4-6-16(26-3)7-5-15/h4-10,14,19H,11-13H2,1-3H3,(H,22,23). The first kappa shape index (κ1) is 16.8. The van der Waals surface area contributed by atoms with Gasteiger partial charge in [-0.15, -0.1) is 0 Å². The first-order valence-corrected chi connectivity index (χ1v) is 9.02. The van der Waals surface area contributed by atoms with Crippen molar-refractivity contribution in [3.05, 3.63) is 48.3 Å². The van der Waals surface area contributed by atoms with Gasteiger partial charge in [-0.05, 0) is 36.7 Å². The lowest BCUT2D eigenvalue weighted by molar-refractivity contribution is 0.212. The Bertz CT molecular complexity index is 875. The van der Waals surface area contributed by atoms with Gasteiger partial charge in [0.25, 0.3) is 0 Å². The fourth-order valence-corrected chi connectivity index (χ4v) is 3.92. The first-order chi connectivity index (χ1) is 12.7. The molecule has 1 aliphatic rings. The molecule has 0 spiro atoms. The van der Waals surface area contributed by atoms with Crippen LogP contribution in [-0.2, 0) is 6.54 Å². The number of nitrogens with zero attached hydrogens (tertiary/aromatic N) is 4. The third-order valence-corrected chi connectivity index (χ3v) is 5.37. The Morgan fingerprint density at radius 1 is 1.23 bits per heavy atom. The Balaban J connectivity index is 1.47. The van der Waals surface area contributed by atoms with E-state index in [-0.39, 0.29) is 0 Å². The molecule has 1 aromatic carbocycles. The minimum absolute atomic E-state index is 0.487. The number of hydrogen-bond donors (Lipinski definition) is 1. The van der Waals surface area contributed by atoms with E-state index in [9.17, 15) is 0 Å². The molecule has 0 aliphatic carbocycles. The number of aromatic amines is 1. The zero-order valence-corrected chi connectivity index (χ0v) is 15.5. The summed E-state index contributed by atoms with van der Waals surface area (Å²) >= 11 is 0. The van der Waals surface area contributed by atoms with Gasteiger partial charge < -0.3 is 9.64 Å². The summed E-state index contributed by atoms with van der Waals surface area (Å²) in [5.41, 5.74) is 2.34. The van der Waals surface area contributed by atoms with Gasteiger partial charge in [-0.1, -0.05) is 19.1 Å². The summed E-state index contributed by atoms with van der Waals surface area (Å²) in [6, 6.07) is 10.8. The average molecular weight is 351 g/mol. The molecule has 1 saturated heterocycles. The minimum atomic E-state index is 0.487. The van der Waals surface area contributed by atoms with Crippen molar-refractivity contribution >= 4 is 16.7 Å². The van der Waals surface area contributed by atoms with Gasteiger partial charge >= 0.3 is 0 Å². The van der Waals surface area contributed by atoms with Gasteiger partial charge in [0.15, 0.2) is 5.82 Å². The molecule has 0 saturated carbocycles. The quantitative estimate of drug-likeness (QED) is 0.766. The molecule has 2 aromatic heterocycles. The molecule has 0 radical (unpaired) electrons. The molecular formula is C20H25N5O. The largest absolute Gasteiger partial charge is 0.497 e. The van der Waals surface area contributed by atoms with E-state index in [4.69, 9.17) is 4.74 Å². The van der Waals surface area contributed by atoms with Crippen molar-refractivity contribution in [3.63, 3.8) is 0 Å². The molecule has 6 heteroatoms. The SMILES string of the molecule is COc1ccc(CN(C)C2CN(c3n[nH]c4ccncc34)CC2C)cc1. The van der Waals surface area contributed by atoms with Crippen LogP contribution in [0, 0.1) is 5.92 Å². The fraction of sp³-hybridized carbons (Fsp3) is 0.400. The van der Waals surface area contributed by atoms with E-state index in [2.05, 4.69) is 51.1 Å². The molecule has 26 heavy (non-hydrogen) atoms. The third kappa shape index (κ3) is 3.12. The van der Waals surface area contributed by atoms with Crippen LogP contribution in [0.1, 0.15) is 12.5 Å². The lowest BCUT2D eigenvalue weighted by atomic mass is 10.0. The van der Waals surface area contributed by atoms with Gasteiger partial charge in [0, 0.05) is 38.1 Å². The minimum Gasteiger partial charge on any atom is -0.497 e. The van der Waals surface area contributed by atoms with E-state index in [0.29, 0.717) is 12.0 Å². The molecular weight excluding hydrogens is 326 g/mol. The van der Waals surface area contributed by atoms with Gasteiger partial charge in [-0.3, -0.25) is 15.0 Å². The van der Waals surface area contributed by atoms with E-state index in [1.807, 2.05) is 24.4 Å². The Kier molecular flexibility index (Phi) is 4.51. The number of benzene rings is 1. The lowest BCUT2D eigenvalue weighted by Gasteiger charge is -2.27. The molecule has 0 bridgehead atoms. The molecule has 6 nitrogen and oxygen atoms in total. The third-order valence-electron chi connectivity index (χ3n) is 5.37. The molecule has 1 aliphatic heterocycles. The summed E-state index contributed by atoms with van der Waals surface area (Å²) in [6.45, 7) is 5.23. The van der Waals surface area contributed by atoms with Crippen LogP contribution in [0.5, 0.6) is 5.75 Å². The Morgan fingerprint density at radius 2 is 2.04 bits per heavy atom. The van der Waals surface area contributed by atoms with Gasteiger partial charge in [0.2, 0.25) is 0 Å². The van der Waals surface area contributed by atoms with Crippen LogP contribution in [0.15, 0.2) is 42.7 Å². The maximum Gasteiger partial charge on any atom is 0.159 e. The summed E-state index contributed by atoms with van der Waals surface area (Å²) in [7, 11) is 3.91. The van der Waals surface area contributed by atoms with E-state index in [0.717, 1.165) is 42.1 Å². The number of aromatic nitrogens is 3. The summed E-state index contributed by atoms with van der Waals surface area (Å²) in [5, 5.41) is 8.75. The Labute approximate surface area is 153 Å². The van der Waals surface area contributed by atoms with Crippen LogP contribution in [0.2, 0.25) is 0 Å². The Morgan fingerprint density at radius 3 is 2.81 bits per heavy atom. The predicted octanol–water partition coefficient (Wildman–Crippen LogP) is 2.92. The predicted molar refractivity (Wildman–Crippen MR) is 104 cm³/mol. The highest BCUT2D eigenvalue weighted by Gasteiger charge is 2.34. The second kappa shape index (κ2) is 6.96. The topological polar surface area (TPSA) is 57.3 Å². The van der Waals surface area contributed by atoms with Crippen molar-refractivity contribution in [3.8, 4) is 5.75 Å². The highest BCUT2D eigenvalue weighted by Crippen LogP contribution is 2.30. The molecule has 2 atom stereocenters. The number of likely N-dealkylation sites (N-methyl/N-ethyl adjacent to an activating group) is 1.